The van der Waals surface area contributed by atoms with Gasteiger partial charge in [0.1, 0.15) is 29.3 Å². The molecular weight excluding hydrogens is 416 g/mol. The maximum atomic E-state index is 10.9. The standard InChI is InChI=1S/C28H36O5/c1-27(2,17-29)16-18-9-8-12-21-25-20(22(30)15-23(25)32-26(18)21)13-14-24(31)28(3,4)33-19-10-6-5-7-11-19/h5-14,20,22-25,29-31H,15-17H2,1-4H3/b14-13+/t20-,22+,23-,24+,25-/m0/s1. The first-order chi connectivity index (χ1) is 15.6. The van der Waals surface area contributed by atoms with Crippen molar-refractivity contribution in [3.8, 4) is 11.5 Å². The Morgan fingerprint density at radius 2 is 1.82 bits per heavy atom. The van der Waals surface area contributed by atoms with Gasteiger partial charge in [-0.3, -0.25) is 0 Å². The topological polar surface area (TPSA) is 79.2 Å². The predicted molar refractivity (Wildman–Crippen MR) is 129 cm³/mol. The van der Waals surface area contributed by atoms with E-state index in [9.17, 15) is 15.3 Å². The molecule has 0 unspecified atom stereocenters. The maximum Gasteiger partial charge on any atom is 0.133 e. The minimum absolute atomic E-state index is 0.0359. The molecule has 5 nitrogen and oxygen atoms in total. The van der Waals surface area contributed by atoms with Crippen LogP contribution in [0.2, 0.25) is 0 Å². The molecule has 178 valence electrons. The molecule has 1 aliphatic heterocycles. The monoisotopic (exact) mass is 452 g/mol. The van der Waals surface area contributed by atoms with Gasteiger partial charge < -0.3 is 24.8 Å². The van der Waals surface area contributed by atoms with Gasteiger partial charge in [0.05, 0.1) is 6.10 Å². The molecule has 5 atom stereocenters. The average molecular weight is 453 g/mol. The van der Waals surface area contributed by atoms with Crippen molar-refractivity contribution in [1.82, 2.24) is 0 Å². The third-order valence-corrected chi connectivity index (χ3v) is 6.94. The van der Waals surface area contributed by atoms with Crippen LogP contribution in [-0.2, 0) is 6.42 Å². The Kier molecular flexibility index (Phi) is 6.59. The summed E-state index contributed by atoms with van der Waals surface area (Å²) in [5.74, 6) is 1.48. The van der Waals surface area contributed by atoms with Crippen LogP contribution in [-0.4, -0.2) is 45.8 Å². The van der Waals surface area contributed by atoms with Crippen LogP contribution in [0.1, 0.15) is 51.2 Å². The van der Waals surface area contributed by atoms with Crippen LogP contribution in [0.25, 0.3) is 0 Å². The van der Waals surface area contributed by atoms with Crippen LogP contribution in [0, 0.1) is 11.3 Å². The van der Waals surface area contributed by atoms with Gasteiger partial charge in [-0.1, -0.05) is 62.4 Å². The van der Waals surface area contributed by atoms with E-state index in [1.54, 1.807) is 6.08 Å². The molecule has 4 rings (SSSR count). The molecule has 0 aromatic heterocycles. The number of benzene rings is 2. The van der Waals surface area contributed by atoms with Crippen molar-refractivity contribution in [2.75, 3.05) is 6.61 Å². The number of rotatable bonds is 8. The van der Waals surface area contributed by atoms with Crippen LogP contribution in [0.3, 0.4) is 0 Å². The van der Waals surface area contributed by atoms with Gasteiger partial charge in [-0.25, -0.2) is 0 Å². The Morgan fingerprint density at radius 1 is 1.09 bits per heavy atom. The summed E-state index contributed by atoms with van der Waals surface area (Å²) in [6.07, 6.45) is 3.48. The highest BCUT2D eigenvalue weighted by Crippen LogP contribution is 2.52. The third kappa shape index (κ3) is 4.96. The highest BCUT2D eigenvalue weighted by Gasteiger charge is 2.49. The van der Waals surface area contributed by atoms with Crippen molar-refractivity contribution in [3.63, 3.8) is 0 Å². The summed E-state index contributed by atoms with van der Waals surface area (Å²) in [5.41, 5.74) is 1.14. The Balaban J connectivity index is 1.53. The minimum Gasteiger partial charge on any atom is -0.489 e. The van der Waals surface area contributed by atoms with Gasteiger partial charge in [0.15, 0.2) is 0 Å². The van der Waals surface area contributed by atoms with Crippen molar-refractivity contribution in [3.05, 3.63) is 71.8 Å². The van der Waals surface area contributed by atoms with E-state index in [-0.39, 0.29) is 30.0 Å². The summed E-state index contributed by atoms with van der Waals surface area (Å²) in [6, 6.07) is 15.6. The zero-order valence-electron chi connectivity index (χ0n) is 19.9. The molecule has 33 heavy (non-hydrogen) atoms. The van der Waals surface area contributed by atoms with Crippen molar-refractivity contribution < 1.29 is 24.8 Å². The zero-order valence-corrected chi connectivity index (χ0v) is 19.9. The normalized spacial score (nSPS) is 25.5. The molecule has 1 heterocycles. The molecule has 1 fully saturated rings. The lowest BCUT2D eigenvalue weighted by molar-refractivity contribution is -0.00221. The minimum atomic E-state index is -0.845. The molecule has 0 saturated heterocycles. The summed E-state index contributed by atoms with van der Waals surface area (Å²) in [7, 11) is 0. The van der Waals surface area contributed by atoms with E-state index in [2.05, 4.69) is 12.1 Å². The fourth-order valence-corrected chi connectivity index (χ4v) is 5.00. The fourth-order valence-electron chi connectivity index (χ4n) is 5.00. The fraction of sp³-hybridized carbons (Fsp3) is 0.500. The average Bonchev–Trinajstić information content (AvgIpc) is 3.27. The summed E-state index contributed by atoms with van der Waals surface area (Å²) in [5, 5.41) is 31.4. The van der Waals surface area contributed by atoms with Gasteiger partial charge in [0.25, 0.3) is 0 Å². The highest BCUT2D eigenvalue weighted by atomic mass is 16.5. The SMILES string of the molecule is CC(C)(CO)Cc1cccc2c1O[C@H]1C[C@@H](O)[C@H](/C=C/[C@@H](O)C(C)(C)Oc3ccccc3)[C@@H]21. The molecule has 0 bridgehead atoms. The van der Waals surface area contributed by atoms with E-state index in [4.69, 9.17) is 9.47 Å². The smallest absolute Gasteiger partial charge is 0.133 e. The molecule has 2 aliphatic rings. The van der Waals surface area contributed by atoms with Crippen LogP contribution < -0.4 is 9.47 Å². The van der Waals surface area contributed by atoms with Crippen LogP contribution >= 0.6 is 0 Å². The van der Waals surface area contributed by atoms with Crippen LogP contribution in [0.15, 0.2) is 60.7 Å². The Labute approximate surface area is 196 Å². The van der Waals surface area contributed by atoms with Gasteiger partial charge in [0.2, 0.25) is 0 Å². The molecule has 3 N–H and O–H groups in total. The van der Waals surface area contributed by atoms with Crippen LogP contribution in [0.4, 0.5) is 0 Å². The van der Waals surface area contributed by atoms with Crippen molar-refractivity contribution >= 4 is 0 Å². The number of para-hydroxylation sites is 2. The number of ether oxygens (including phenoxy) is 2. The first kappa shape index (κ1) is 23.8. The second-order valence-electron chi connectivity index (χ2n) is 10.7. The third-order valence-electron chi connectivity index (χ3n) is 6.94. The summed E-state index contributed by atoms with van der Waals surface area (Å²) in [6.45, 7) is 7.89. The predicted octanol–water partition coefficient (Wildman–Crippen LogP) is 4.25. The second-order valence-corrected chi connectivity index (χ2v) is 10.7. The van der Waals surface area contributed by atoms with Gasteiger partial charge in [-0.05, 0) is 43.4 Å². The van der Waals surface area contributed by atoms with Crippen molar-refractivity contribution in [1.29, 1.82) is 0 Å². The molecule has 0 amide bonds. The van der Waals surface area contributed by atoms with Gasteiger partial charge in [-0.2, -0.15) is 0 Å². The summed E-state index contributed by atoms with van der Waals surface area (Å²) < 4.78 is 12.4. The number of aliphatic hydroxyl groups is 3. The van der Waals surface area contributed by atoms with E-state index >= 15 is 0 Å². The highest BCUT2D eigenvalue weighted by molar-refractivity contribution is 5.49. The zero-order chi connectivity index (χ0) is 23.8. The quantitative estimate of drug-likeness (QED) is 0.522. The number of aliphatic hydroxyl groups excluding tert-OH is 3. The number of hydrogen-bond acceptors (Lipinski definition) is 5. The largest absolute Gasteiger partial charge is 0.489 e. The first-order valence-electron chi connectivity index (χ1n) is 11.8. The van der Waals surface area contributed by atoms with Crippen LogP contribution in [0.5, 0.6) is 11.5 Å². The molecule has 0 spiro atoms. The molecule has 2 aromatic carbocycles. The van der Waals surface area contributed by atoms with E-state index in [0.717, 1.165) is 23.3 Å². The van der Waals surface area contributed by atoms with Gasteiger partial charge in [-0.15, -0.1) is 0 Å². The van der Waals surface area contributed by atoms with E-state index in [0.29, 0.717) is 12.2 Å². The van der Waals surface area contributed by atoms with Crippen molar-refractivity contribution in [2.24, 2.45) is 11.3 Å². The molecule has 1 saturated carbocycles. The Bertz CT molecular complexity index is 981. The molecule has 0 radical (unpaired) electrons. The summed E-state index contributed by atoms with van der Waals surface area (Å²) >= 11 is 0. The molecule has 2 aromatic rings. The van der Waals surface area contributed by atoms with E-state index in [1.807, 2.05) is 70.2 Å². The molecule has 1 aliphatic carbocycles. The lowest BCUT2D eigenvalue weighted by Crippen LogP contribution is -2.41. The van der Waals surface area contributed by atoms with Gasteiger partial charge >= 0.3 is 0 Å². The number of hydrogen-bond donors (Lipinski definition) is 3. The lowest BCUT2D eigenvalue weighted by Gasteiger charge is -2.30. The Morgan fingerprint density at radius 3 is 2.52 bits per heavy atom. The lowest BCUT2D eigenvalue weighted by atomic mass is 9.83. The molecule has 5 heteroatoms. The van der Waals surface area contributed by atoms with E-state index in [1.165, 1.54) is 0 Å². The first-order valence-corrected chi connectivity index (χ1v) is 11.8. The number of fused-ring (bicyclic) bond motifs is 3. The van der Waals surface area contributed by atoms with Crippen molar-refractivity contribution in [2.45, 2.75) is 70.4 Å². The molecular formula is C28H36O5. The maximum absolute atomic E-state index is 10.9. The van der Waals surface area contributed by atoms with Gasteiger partial charge in [0, 0.05) is 30.4 Å². The summed E-state index contributed by atoms with van der Waals surface area (Å²) in [4.78, 5) is 0. The van der Waals surface area contributed by atoms with E-state index < -0.39 is 17.8 Å². The second kappa shape index (κ2) is 9.13. The Hall–Kier alpha value is -2.34.